The van der Waals surface area contributed by atoms with Gasteiger partial charge in [-0.05, 0) is 6.07 Å². The Morgan fingerprint density at radius 1 is 1.62 bits per heavy atom. The predicted molar refractivity (Wildman–Crippen MR) is 60.8 cm³/mol. The first kappa shape index (κ1) is 11.5. The molecule has 0 aliphatic carbocycles. The Hall–Kier alpha value is -0.980. The largest absolute Gasteiger partial charge is 0.594 e. The number of halogens is 2. The fourth-order valence-corrected chi connectivity index (χ4v) is 2.41. The number of H-pyrrole nitrogens is 1. The van der Waals surface area contributed by atoms with Crippen molar-refractivity contribution in [2.75, 3.05) is 6.67 Å². The number of pyridine rings is 1. The standard InChI is InChI=1S/C9H8ClFN2O2S/c10-16(15)7-5-12-8-6(7)1-3-13(4-2-11)9(8)14/h1,3,5,12H,2,4H2. The molecule has 0 saturated heterocycles. The molecule has 0 fully saturated rings. The van der Waals surface area contributed by atoms with E-state index in [1.54, 1.807) is 6.07 Å². The van der Waals surface area contributed by atoms with Gasteiger partial charge in [0.05, 0.1) is 18.1 Å². The van der Waals surface area contributed by atoms with Gasteiger partial charge in [0.25, 0.3) is 5.56 Å². The zero-order valence-corrected chi connectivity index (χ0v) is 9.65. The fraction of sp³-hybridized carbons (Fsp3) is 0.222. The van der Waals surface area contributed by atoms with Gasteiger partial charge in [-0.1, -0.05) is 0 Å². The monoisotopic (exact) mass is 262 g/mol. The number of nitrogens with one attached hydrogen (secondary N) is 1. The lowest BCUT2D eigenvalue weighted by molar-refractivity contribution is 0.441. The van der Waals surface area contributed by atoms with Crippen LogP contribution in [-0.4, -0.2) is 20.8 Å². The summed E-state index contributed by atoms with van der Waals surface area (Å²) in [5.41, 5.74) is -0.0523. The van der Waals surface area contributed by atoms with Crippen LogP contribution in [0.25, 0.3) is 10.9 Å². The average molecular weight is 263 g/mol. The molecule has 0 aliphatic rings. The summed E-state index contributed by atoms with van der Waals surface area (Å²) in [4.78, 5) is 14.8. The van der Waals surface area contributed by atoms with Gasteiger partial charge in [-0.3, -0.25) is 4.79 Å². The van der Waals surface area contributed by atoms with E-state index in [2.05, 4.69) is 4.98 Å². The van der Waals surface area contributed by atoms with Gasteiger partial charge < -0.3 is 14.1 Å². The number of rotatable bonds is 3. The third-order valence-electron chi connectivity index (χ3n) is 2.28. The van der Waals surface area contributed by atoms with E-state index in [-0.39, 0.29) is 12.1 Å². The first-order chi connectivity index (χ1) is 7.65. The number of nitrogens with zero attached hydrogens (tertiary/aromatic N) is 1. The topological polar surface area (TPSA) is 60.9 Å². The average Bonchev–Trinajstić information content (AvgIpc) is 2.67. The first-order valence-corrected chi connectivity index (χ1v) is 6.47. The van der Waals surface area contributed by atoms with Crippen molar-refractivity contribution >= 4 is 32.0 Å². The Morgan fingerprint density at radius 2 is 2.38 bits per heavy atom. The Bertz CT molecular complexity index is 566. The summed E-state index contributed by atoms with van der Waals surface area (Å²) in [6, 6.07) is 1.60. The predicted octanol–water partition coefficient (Wildman–Crippen LogP) is 1.56. The van der Waals surface area contributed by atoms with Gasteiger partial charge in [0.1, 0.15) is 22.6 Å². The van der Waals surface area contributed by atoms with Crippen molar-refractivity contribution in [2.24, 2.45) is 0 Å². The summed E-state index contributed by atoms with van der Waals surface area (Å²) in [5, 5.41) is 0.508. The molecule has 0 saturated carbocycles. The number of aryl methyl sites for hydroxylation is 1. The molecule has 2 aromatic heterocycles. The molecular weight excluding hydrogens is 255 g/mol. The zero-order chi connectivity index (χ0) is 11.7. The van der Waals surface area contributed by atoms with Crippen LogP contribution in [-0.2, 0) is 16.9 Å². The van der Waals surface area contributed by atoms with E-state index in [9.17, 15) is 13.7 Å². The maximum Gasteiger partial charge on any atom is 0.275 e. The van der Waals surface area contributed by atoms with Gasteiger partial charge in [-0.25, -0.2) is 4.39 Å². The minimum absolute atomic E-state index is 0.00703. The zero-order valence-electron chi connectivity index (χ0n) is 8.07. The van der Waals surface area contributed by atoms with Crippen LogP contribution in [0.15, 0.2) is 28.2 Å². The van der Waals surface area contributed by atoms with Crippen LogP contribution in [0.1, 0.15) is 0 Å². The smallest absolute Gasteiger partial charge is 0.275 e. The van der Waals surface area contributed by atoms with Crippen LogP contribution in [0.3, 0.4) is 0 Å². The molecule has 0 aromatic carbocycles. The van der Waals surface area contributed by atoms with Crippen molar-refractivity contribution in [3.05, 3.63) is 28.8 Å². The molecule has 4 nitrogen and oxygen atoms in total. The molecular formula is C9H8ClFN2O2S. The Morgan fingerprint density at radius 3 is 3.00 bits per heavy atom. The second kappa shape index (κ2) is 4.48. The van der Waals surface area contributed by atoms with E-state index < -0.39 is 17.1 Å². The number of hydrogen-bond acceptors (Lipinski definition) is 2. The van der Waals surface area contributed by atoms with E-state index in [1.165, 1.54) is 17.0 Å². The summed E-state index contributed by atoms with van der Waals surface area (Å²) >= 11 is 0. The van der Waals surface area contributed by atoms with Crippen molar-refractivity contribution in [3.63, 3.8) is 0 Å². The summed E-state index contributed by atoms with van der Waals surface area (Å²) in [6.07, 6.45) is 2.89. The molecule has 16 heavy (non-hydrogen) atoms. The van der Waals surface area contributed by atoms with Crippen molar-refractivity contribution in [3.8, 4) is 0 Å². The lowest BCUT2D eigenvalue weighted by Gasteiger charge is -2.02. The molecule has 2 aromatic rings. The van der Waals surface area contributed by atoms with Gasteiger partial charge in [-0.15, -0.1) is 0 Å². The van der Waals surface area contributed by atoms with Crippen LogP contribution in [0.5, 0.6) is 0 Å². The van der Waals surface area contributed by atoms with E-state index in [1.807, 2.05) is 0 Å². The van der Waals surface area contributed by atoms with Crippen LogP contribution in [0.4, 0.5) is 4.39 Å². The third kappa shape index (κ3) is 1.83. The molecule has 0 amide bonds. The minimum atomic E-state index is -1.67. The van der Waals surface area contributed by atoms with E-state index in [0.29, 0.717) is 15.8 Å². The highest BCUT2D eigenvalue weighted by molar-refractivity contribution is 8.14. The van der Waals surface area contributed by atoms with Crippen LogP contribution >= 0.6 is 10.7 Å². The molecule has 1 unspecified atom stereocenters. The normalized spacial score (nSPS) is 13.2. The first-order valence-electron chi connectivity index (χ1n) is 4.49. The minimum Gasteiger partial charge on any atom is -0.594 e. The molecule has 86 valence electrons. The molecule has 0 aliphatic heterocycles. The van der Waals surface area contributed by atoms with Gasteiger partial charge in [0.15, 0.2) is 15.6 Å². The highest BCUT2D eigenvalue weighted by Crippen LogP contribution is 2.23. The van der Waals surface area contributed by atoms with Crippen molar-refractivity contribution in [2.45, 2.75) is 11.4 Å². The van der Waals surface area contributed by atoms with E-state index in [0.717, 1.165) is 0 Å². The van der Waals surface area contributed by atoms with Crippen LogP contribution in [0.2, 0.25) is 0 Å². The lowest BCUT2D eigenvalue weighted by Crippen LogP contribution is -2.20. The molecule has 1 atom stereocenters. The number of aromatic nitrogens is 2. The molecule has 0 spiro atoms. The maximum absolute atomic E-state index is 12.2. The molecule has 1 N–H and O–H groups in total. The maximum atomic E-state index is 12.2. The Labute approximate surface area is 97.7 Å². The highest BCUT2D eigenvalue weighted by atomic mass is 35.7. The number of alkyl halides is 1. The number of aromatic amines is 1. The molecule has 2 rings (SSSR count). The fourth-order valence-electron chi connectivity index (χ4n) is 1.53. The second-order valence-corrected chi connectivity index (χ2v) is 4.90. The van der Waals surface area contributed by atoms with Crippen molar-refractivity contribution < 1.29 is 8.94 Å². The Kier molecular flexibility index (Phi) is 3.22. The molecule has 0 radical (unpaired) electrons. The number of hydrogen-bond donors (Lipinski definition) is 1. The molecule has 2 heterocycles. The van der Waals surface area contributed by atoms with E-state index >= 15 is 0 Å². The van der Waals surface area contributed by atoms with Gasteiger partial charge in [-0.2, -0.15) is 0 Å². The summed E-state index contributed by atoms with van der Waals surface area (Å²) in [6.45, 7) is -0.604. The Balaban J connectivity index is 2.64. The summed E-state index contributed by atoms with van der Waals surface area (Å²) in [5.74, 6) is 0. The molecule has 7 heteroatoms. The molecule has 0 bridgehead atoms. The van der Waals surface area contributed by atoms with Gasteiger partial charge in [0.2, 0.25) is 0 Å². The van der Waals surface area contributed by atoms with Gasteiger partial charge >= 0.3 is 0 Å². The van der Waals surface area contributed by atoms with E-state index in [4.69, 9.17) is 10.7 Å². The highest BCUT2D eigenvalue weighted by Gasteiger charge is 2.17. The quantitative estimate of drug-likeness (QED) is 0.854. The second-order valence-electron chi connectivity index (χ2n) is 3.17. The lowest BCUT2D eigenvalue weighted by atomic mass is 10.3. The van der Waals surface area contributed by atoms with Crippen molar-refractivity contribution in [1.82, 2.24) is 9.55 Å². The third-order valence-corrected chi connectivity index (χ3v) is 3.46. The van der Waals surface area contributed by atoms with Crippen LogP contribution < -0.4 is 5.56 Å². The van der Waals surface area contributed by atoms with Crippen molar-refractivity contribution in [1.29, 1.82) is 0 Å². The summed E-state index contributed by atoms with van der Waals surface area (Å²) < 4.78 is 24.5. The SMILES string of the molecule is O=c1c2[nH]cc([S+]([O-])Cl)c2ccn1CCF. The summed E-state index contributed by atoms with van der Waals surface area (Å²) in [7, 11) is 3.79. The van der Waals surface area contributed by atoms with Gasteiger partial charge in [0, 0.05) is 6.20 Å². The van der Waals surface area contributed by atoms with Crippen LogP contribution in [0, 0.1) is 0 Å². The number of fused-ring (bicyclic) bond motifs is 1.